The van der Waals surface area contributed by atoms with Gasteiger partial charge in [-0.05, 0) is 74.2 Å². The van der Waals surface area contributed by atoms with Crippen molar-refractivity contribution >= 4 is 0 Å². The first-order chi connectivity index (χ1) is 22.4. The maximum atomic E-state index is 9.35. The standard InChI is InChI=1S/C17H27NO5.C17H23NO5/c2*1-19-10-23-14-7-11(9-18)5-6-12-13(14)8-15(20-2)17(22-4)16(12)21-3/h8,11,14H,5-7,9-10,18H2,1-4H3;8,11,14H,5-7,10H2,1-4H3/t2*11-,14?/m11/s1. The molecule has 0 aliphatic heterocycles. The van der Waals surface area contributed by atoms with E-state index in [-0.39, 0.29) is 31.7 Å². The highest BCUT2D eigenvalue weighted by Crippen LogP contribution is 2.49. The fourth-order valence-corrected chi connectivity index (χ4v) is 6.22. The lowest BCUT2D eigenvalue weighted by Gasteiger charge is -2.23. The Morgan fingerprint density at radius 2 is 1.11 bits per heavy atom. The van der Waals surface area contributed by atoms with Crippen LogP contribution in [0, 0.1) is 23.2 Å². The fourth-order valence-electron chi connectivity index (χ4n) is 6.22. The summed E-state index contributed by atoms with van der Waals surface area (Å²) in [5.74, 6) is 4.08. The second-order valence-electron chi connectivity index (χ2n) is 11.0. The first kappa shape index (κ1) is 37.0. The SMILES string of the molecule is COCOC1C[C@H](C#N)CCc2c1cc(OC)c(OC)c2OC.COCOC1C[C@H](CN)CCc2c1cc(OC)c(OC)c2OC. The number of hydrogen-bond acceptors (Lipinski definition) is 12. The van der Waals surface area contributed by atoms with Crippen molar-refractivity contribution in [3.8, 4) is 40.6 Å². The predicted molar refractivity (Wildman–Crippen MR) is 171 cm³/mol. The van der Waals surface area contributed by atoms with E-state index in [1.165, 1.54) is 0 Å². The van der Waals surface area contributed by atoms with Crippen molar-refractivity contribution in [3.05, 3.63) is 34.4 Å². The molecule has 2 aromatic carbocycles. The lowest BCUT2D eigenvalue weighted by atomic mass is 9.97. The summed E-state index contributed by atoms with van der Waals surface area (Å²) in [6.45, 7) is 1.04. The van der Waals surface area contributed by atoms with Crippen molar-refractivity contribution in [1.29, 1.82) is 5.26 Å². The molecular weight excluding hydrogens is 596 g/mol. The topological polar surface area (TPSA) is 142 Å². The molecule has 0 fully saturated rings. The van der Waals surface area contributed by atoms with Crippen LogP contribution in [0.25, 0.3) is 0 Å². The third kappa shape index (κ3) is 8.46. The van der Waals surface area contributed by atoms with E-state index in [9.17, 15) is 5.26 Å². The minimum absolute atomic E-state index is 0.0778. The highest BCUT2D eigenvalue weighted by molar-refractivity contribution is 5.61. The zero-order chi connectivity index (χ0) is 33.6. The number of nitriles is 1. The van der Waals surface area contributed by atoms with E-state index in [0.717, 1.165) is 54.4 Å². The molecule has 0 spiro atoms. The van der Waals surface area contributed by atoms with Crippen molar-refractivity contribution < 1.29 is 47.4 Å². The number of rotatable bonds is 13. The van der Waals surface area contributed by atoms with Gasteiger partial charge in [0.2, 0.25) is 11.5 Å². The molecule has 0 saturated heterocycles. The number of hydrogen-bond donors (Lipinski definition) is 1. The lowest BCUT2D eigenvalue weighted by molar-refractivity contribution is -0.0796. The van der Waals surface area contributed by atoms with E-state index in [4.69, 9.17) is 53.1 Å². The van der Waals surface area contributed by atoms with E-state index in [0.29, 0.717) is 53.4 Å². The Hall–Kier alpha value is -3.47. The average molecular weight is 647 g/mol. The van der Waals surface area contributed by atoms with Crippen LogP contribution in [0.5, 0.6) is 34.5 Å². The van der Waals surface area contributed by atoms with Gasteiger partial charge in [0.1, 0.15) is 13.6 Å². The van der Waals surface area contributed by atoms with E-state index < -0.39 is 0 Å². The van der Waals surface area contributed by atoms with Gasteiger partial charge in [-0.25, -0.2) is 0 Å². The summed E-state index contributed by atoms with van der Waals surface area (Å²) in [7, 11) is 12.9. The van der Waals surface area contributed by atoms with Crippen molar-refractivity contribution in [1.82, 2.24) is 0 Å². The van der Waals surface area contributed by atoms with Crippen LogP contribution >= 0.6 is 0 Å². The number of ether oxygens (including phenoxy) is 10. The van der Waals surface area contributed by atoms with Gasteiger partial charge in [0.25, 0.3) is 0 Å². The first-order valence-corrected chi connectivity index (χ1v) is 15.3. The van der Waals surface area contributed by atoms with Crippen LogP contribution in [0.3, 0.4) is 0 Å². The molecule has 46 heavy (non-hydrogen) atoms. The lowest BCUT2D eigenvalue weighted by Crippen LogP contribution is -2.18. The Labute approximate surface area is 272 Å². The number of fused-ring (bicyclic) bond motifs is 2. The maximum absolute atomic E-state index is 9.35. The van der Waals surface area contributed by atoms with Gasteiger partial charge in [0.15, 0.2) is 23.0 Å². The Kier molecular flexibility index (Phi) is 15.0. The maximum Gasteiger partial charge on any atom is 0.203 e. The monoisotopic (exact) mass is 646 g/mol. The average Bonchev–Trinajstić information content (AvgIpc) is 3.39. The molecule has 2 aromatic rings. The second kappa shape index (κ2) is 18.6. The Morgan fingerprint density at radius 1 is 0.652 bits per heavy atom. The van der Waals surface area contributed by atoms with Crippen LogP contribution in [-0.2, 0) is 31.8 Å². The van der Waals surface area contributed by atoms with E-state index in [1.54, 1.807) is 56.9 Å². The van der Waals surface area contributed by atoms with Crippen LogP contribution in [0.2, 0.25) is 0 Å². The fraction of sp³-hybridized carbons (Fsp3) is 0.618. The molecule has 256 valence electrons. The van der Waals surface area contributed by atoms with Crippen LogP contribution in [0.1, 0.15) is 60.1 Å². The zero-order valence-corrected chi connectivity index (χ0v) is 28.4. The molecule has 2 aliphatic carbocycles. The van der Waals surface area contributed by atoms with Crippen LogP contribution < -0.4 is 34.2 Å². The number of methoxy groups -OCH3 is 8. The third-order valence-corrected chi connectivity index (χ3v) is 8.51. The van der Waals surface area contributed by atoms with E-state index in [2.05, 4.69) is 6.07 Å². The summed E-state index contributed by atoms with van der Waals surface area (Å²) in [5.41, 5.74) is 10.0. The zero-order valence-electron chi connectivity index (χ0n) is 28.4. The van der Waals surface area contributed by atoms with E-state index >= 15 is 0 Å². The number of benzene rings is 2. The molecule has 0 aromatic heterocycles. The molecule has 4 rings (SSSR count). The van der Waals surface area contributed by atoms with E-state index in [1.807, 2.05) is 12.1 Å². The molecule has 0 bridgehead atoms. The third-order valence-electron chi connectivity index (χ3n) is 8.51. The largest absolute Gasteiger partial charge is 0.493 e. The van der Waals surface area contributed by atoms with Crippen molar-refractivity contribution in [2.75, 3.05) is 77.0 Å². The van der Waals surface area contributed by atoms with Crippen LogP contribution in [0.15, 0.2) is 12.1 Å². The molecule has 0 saturated carbocycles. The van der Waals surface area contributed by atoms with Gasteiger partial charge < -0.3 is 53.1 Å². The summed E-state index contributed by atoms with van der Waals surface area (Å²) in [6.07, 6.45) is 4.46. The molecule has 2 N–H and O–H groups in total. The summed E-state index contributed by atoms with van der Waals surface area (Å²) >= 11 is 0. The summed E-state index contributed by atoms with van der Waals surface area (Å²) in [5, 5.41) is 9.35. The Balaban J connectivity index is 0.000000250. The smallest absolute Gasteiger partial charge is 0.203 e. The van der Waals surface area contributed by atoms with Crippen LogP contribution in [-0.4, -0.2) is 77.0 Å². The van der Waals surface area contributed by atoms with Crippen molar-refractivity contribution in [2.45, 2.75) is 50.7 Å². The highest BCUT2D eigenvalue weighted by atomic mass is 16.7. The van der Waals surface area contributed by atoms with Gasteiger partial charge >= 0.3 is 0 Å². The normalized spacial score (nSPS) is 20.3. The van der Waals surface area contributed by atoms with Gasteiger partial charge in [-0.3, -0.25) is 0 Å². The summed E-state index contributed by atoms with van der Waals surface area (Å²) < 4.78 is 54.9. The Morgan fingerprint density at radius 3 is 1.50 bits per heavy atom. The van der Waals surface area contributed by atoms with Crippen LogP contribution in [0.4, 0.5) is 0 Å². The van der Waals surface area contributed by atoms with Gasteiger partial charge in [0, 0.05) is 31.3 Å². The molecule has 0 heterocycles. The minimum Gasteiger partial charge on any atom is -0.493 e. The molecule has 4 atom stereocenters. The van der Waals surface area contributed by atoms with Crippen molar-refractivity contribution in [2.24, 2.45) is 17.6 Å². The molecule has 12 heteroatoms. The first-order valence-electron chi connectivity index (χ1n) is 15.3. The predicted octanol–water partition coefficient (Wildman–Crippen LogP) is 5.14. The molecule has 2 aliphatic rings. The summed E-state index contributed by atoms with van der Waals surface area (Å²) in [4.78, 5) is 0. The second-order valence-corrected chi connectivity index (χ2v) is 11.0. The molecular formula is C34H50N2O10. The van der Waals surface area contributed by atoms with Gasteiger partial charge in [-0.15, -0.1) is 0 Å². The quantitative estimate of drug-likeness (QED) is 0.228. The molecule has 0 radical (unpaired) electrons. The van der Waals surface area contributed by atoms with Gasteiger partial charge in [-0.2, -0.15) is 5.26 Å². The molecule has 0 amide bonds. The van der Waals surface area contributed by atoms with Gasteiger partial charge in [0.05, 0.1) is 60.9 Å². The van der Waals surface area contributed by atoms with Gasteiger partial charge in [-0.1, -0.05) is 0 Å². The number of nitrogens with two attached hydrogens (primary N) is 1. The number of nitrogens with zero attached hydrogens (tertiary/aromatic N) is 1. The highest BCUT2D eigenvalue weighted by Gasteiger charge is 2.32. The minimum atomic E-state index is -0.245. The Bertz CT molecular complexity index is 1300. The molecule has 2 unspecified atom stereocenters. The van der Waals surface area contributed by atoms with Crippen molar-refractivity contribution in [3.63, 3.8) is 0 Å². The summed E-state index contributed by atoms with van der Waals surface area (Å²) in [6, 6.07) is 6.25. The molecule has 12 nitrogen and oxygen atoms in total.